The molecule has 0 spiro atoms. The standard InChI is InChI=1S/C29H30FN5O4/c1-18-13-21(33-28-23-15-26(37-2)27(38-3)16-24(23)31-17-32-28)7-8-25(18)39-22-9-11-35(12-10-22)29(36)34-20-6-4-5-19(30)14-20/h4-8,13-17,22H,9-12H2,1-3H3,(H,34,36)(H,31,32,33). The fourth-order valence-corrected chi connectivity index (χ4v) is 4.60. The number of carbonyl (C=O) groups excluding carboxylic acids is 1. The maximum absolute atomic E-state index is 13.4. The molecule has 1 fully saturated rings. The van der Waals surface area contributed by atoms with E-state index in [-0.39, 0.29) is 18.0 Å². The highest BCUT2D eigenvalue weighted by atomic mass is 19.1. The lowest BCUT2D eigenvalue weighted by Gasteiger charge is -2.32. The number of methoxy groups -OCH3 is 2. The minimum atomic E-state index is -0.386. The molecule has 0 atom stereocenters. The number of carbonyl (C=O) groups is 1. The molecule has 4 aromatic rings. The number of halogens is 1. The third-order valence-electron chi connectivity index (χ3n) is 6.68. The van der Waals surface area contributed by atoms with Gasteiger partial charge in [0.25, 0.3) is 0 Å². The molecule has 0 radical (unpaired) electrons. The van der Waals surface area contributed by atoms with Gasteiger partial charge in [0.15, 0.2) is 11.5 Å². The van der Waals surface area contributed by atoms with Gasteiger partial charge in [-0.15, -0.1) is 0 Å². The van der Waals surface area contributed by atoms with E-state index in [2.05, 4.69) is 20.6 Å². The lowest BCUT2D eigenvalue weighted by atomic mass is 10.1. The third kappa shape index (κ3) is 5.95. The number of piperidine rings is 1. The lowest BCUT2D eigenvalue weighted by Crippen LogP contribution is -2.43. The minimum absolute atomic E-state index is 0.00557. The average molecular weight is 532 g/mol. The number of amides is 2. The van der Waals surface area contributed by atoms with Crippen molar-refractivity contribution in [2.45, 2.75) is 25.9 Å². The number of rotatable bonds is 7. The van der Waals surface area contributed by atoms with Crippen molar-refractivity contribution in [3.05, 3.63) is 72.3 Å². The van der Waals surface area contributed by atoms with Crippen molar-refractivity contribution < 1.29 is 23.4 Å². The Morgan fingerprint density at radius 1 is 0.949 bits per heavy atom. The predicted octanol–water partition coefficient (Wildman–Crippen LogP) is 5.91. The average Bonchev–Trinajstić information content (AvgIpc) is 2.94. The van der Waals surface area contributed by atoms with Crippen molar-refractivity contribution in [1.82, 2.24) is 14.9 Å². The molecule has 202 valence electrons. The first kappa shape index (κ1) is 26.0. The molecule has 2 N–H and O–H groups in total. The Balaban J connectivity index is 1.20. The van der Waals surface area contributed by atoms with Gasteiger partial charge < -0.3 is 29.7 Å². The van der Waals surface area contributed by atoms with Gasteiger partial charge in [0, 0.05) is 48.8 Å². The smallest absolute Gasteiger partial charge is 0.321 e. The van der Waals surface area contributed by atoms with E-state index in [4.69, 9.17) is 14.2 Å². The van der Waals surface area contributed by atoms with E-state index in [1.807, 2.05) is 37.3 Å². The molecule has 5 rings (SSSR count). The fraction of sp³-hybridized carbons (Fsp3) is 0.276. The van der Waals surface area contributed by atoms with E-state index in [0.29, 0.717) is 48.9 Å². The molecule has 2 heterocycles. The Morgan fingerprint density at radius 2 is 1.72 bits per heavy atom. The maximum Gasteiger partial charge on any atom is 0.321 e. The van der Waals surface area contributed by atoms with Crippen molar-refractivity contribution in [2.24, 2.45) is 0 Å². The first-order valence-electron chi connectivity index (χ1n) is 12.7. The highest BCUT2D eigenvalue weighted by Crippen LogP contribution is 2.35. The van der Waals surface area contributed by atoms with Crippen LogP contribution in [0, 0.1) is 12.7 Å². The predicted molar refractivity (Wildman–Crippen MR) is 148 cm³/mol. The number of aryl methyl sites for hydroxylation is 1. The zero-order valence-corrected chi connectivity index (χ0v) is 22.0. The molecule has 1 aromatic heterocycles. The number of ether oxygens (including phenoxy) is 3. The van der Waals surface area contributed by atoms with E-state index >= 15 is 0 Å². The molecule has 9 nitrogen and oxygen atoms in total. The Hall–Kier alpha value is -4.60. The molecule has 0 unspecified atom stereocenters. The van der Waals surface area contributed by atoms with Gasteiger partial charge in [0.05, 0.1) is 19.7 Å². The van der Waals surface area contributed by atoms with Gasteiger partial charge in [0.2, 0.25) is 0 Å². The monoisotopic (exact) mass is 531 g/mol. The van der Waals surface area contributed by atoms with Gasteiger partial charge in [-0.05, 0) is 55.0 Å². The molecule has 1 aliphatic heterocycles. The van der Waals surface area contributed by atoms with Crippen LogP contribution in [0.5, 0.6) is 17.2 Å². The van der Waals surface area contributed by atoms with E-state index in [1.54, 1.807) is 31.3 Å². The number of hydrogen-bond donors (Lipinski definition) is 2. The topological polar surface area (TPSA) is 97.8 Å². The van der Waals surface area contributed by atoms with Gasteiger partial charge in [0.1, 0.15) is 29.8 Å². The Labute approximate surface area is 225 Å². The van der Waals surface area contributed by atoms with Crippen molar-refractivity contribution >= 4 is 34.1 Å². The number of benzene rings is 3. The highest BCUT2D eigenvalue weighted by Gasteiger charge is 2.24. The van der Waals surface area contributed by atoms with Crippen molar-refractivity contribution in [2.75, 3.05) is 37.9 Å². The molecule has 0 bridgehead atoms. The van der Waals surface area contributed by atoms with Crippen molar-refractivity contribution in [1.29, 1.82) is 0 Å². The molecular formula is C29H30FN5O4. The van der Waals surface area contributed by atoms with E-state index in [9.17, 15) is 9.18 Å². The molecule has 1 saturated heterocycles. The zero-order chi connectivity index (χ0) is 27.4. The summed E-state index contributed by atoms with van der Waals surface area (Å²) in [5.74, 6) is 2.26. The number of urea groups is 1. The van der Waals surface area contributed by atoms with Gasteiger partial charge in [-0.1, -0.05) is 6.07 Å². The Kier molecular flexibility index (Phi) is 7.62. The quantitative estimate of drug-likeness (QED) is 0.306. The van der Waals surface area contributed by atoms with Crippen molar-refractivity contribution in [3.8, 4) is 17.2 Å². The van der Waals surface area contributed by atoms with Crippen LogP contribution in [0.4, 0.5) is 26.4 Å². The molecule has 0 aliphatic carbocycles. The molecule has 39 heavy (non-hydrogen) atoms. The van der Waals surface area contributed by atoms with E-state index in [1.165, 1.54) is 18.5 Å². The summed E-state index contributed by atoms with van der Waals surface area (Å²) >= 11 is 0. The molecule has 0 saturated carbocycles. The van der Waals surface area contributed by atoms with Crippen LogP contribution in [0.2, 0.25) is 0 Å². The lowest BCUT2D eigenvalue weighted by molar-refractivity contribution is 0.115. The Morgan fingerprint density at radius 3 is 2.44 bits per heavy atom. The van der Waals surface area contributed by atoms with E-state index in [0.717, 1.165) is 27.9 Å². The number of fused-ring (bicyclic) bond motifs is 1. The van der Waals surface area contributed by atoms with E-state index < -0.39 is 0 Å². The first-order chi connectivity index (χ1) is 18.9. The summed E-state index contributed by atoms with van der Waals surface area (Å²) in [7, 11) is 3.18. The summed E-state index contributed by atoms with van der Waals surface area (Å²) in [6, 6.07) is 15.2. The van der Waals surface area contributed by atoms with Crippen LogP contribution >= 0.6 is 0 Å². The molecule has 2 amide bonds. The van der Waals surface area contributed by atoms with Crippen molar-refractivity contribution in [3.63, 3.8) is 0 Å². The number of hydrogen-bond acceptors (Lipinski definition) is 7. The van der Waals surface area contributed by atoms with Crippen LogP contribution in [0.25, 0.3) is 10.9 Å². The van der Waals surface area contributed by atoms with Crippen LogP contribution in [0.15, 0.2) is 60.9 Å². The summed E-state index contributed by atoms with van der Waals surface area (Å²) < 4.78 is 30.5. The fourth-order valence-electron chi connectivity index (χ4n) is 4.60. The molecule has 1 aliphatic rings. The van der Waals surface area contributed by atoms with Crippen LogP contribution in [0.3, 0.4) is 0 Å². The maximum atomic E-state index is 13.4. The van der Waals surface area contributed by atoms with Gasteiger partial charge >= 0.3 is 6.03 Å². The SMILES string of the molecule is COc1cc2ncnc(Nc3ccc(OC4CCN(C(=O)Nc5cccc(F)c5)CC4)c(C)c3)c2cc1OC. The second kappa shape index (κ2) is 11.4. The molecule has 3 aromatic carbocycles. The second-order valence-corrected chi connectivity index (χ2v) is 9.30. The summed E-state index contributed by atoms with van der Waals surface area (Å²) in [6.45, 7) is 3.10. The van der Waals surface area contributed by atoms with Gasteiger partial charge in [-0.3, -0.25) is 0 Å². The van der Waals surface area contributed by atoms with Crippen LogP contribution in [-0.2, 0) is 0 Å². The number of nitrogens with one attached hydrogen (secondary N) is 2. The second-order valence-electron chi connectivity index (χ2n) is 9.30. The summed E-state index contributed by atoms with van der Waals surface area (Å²) in [5, 5.41) is 6.93. The number of nitrogens with zero attached hydrogens (tertiary/aromatic N) is 3. The number of anilines is 3. The summed E-state index contributed by atoms with van der Waals surface area (Å²) in [5.41, 5.74) is 3.01. The van der Waals surface area contributed by atoms with Gasteiger partial charge in [-0.25, -0.2) is 19.2 Å². The largest absolute Gasteiger partial charge is 0.493 e. The zero-order valence-electron chi connectivity index (χ0n) is 22.0. The van der Waals surface area contributed by atoms with Crippen LogP contribution < -0.4 is 24.8 Å². The number of likely N-dealkylation sites (tertiary alicyclic amines) is 1. The van der Waals surface area contributed by atoms with Crippen LogP contribution in [-0.4, -0.2) is 54.3 Å². The molecular weight excluding hydrogens is 501 g/mol. The summed E-state index contributed by atoms with van der Waals surface area (Å²) in [6.07, 6.45) is 2.91. The van der Waals surface area contributed by atoms with Gasteiger partial charge in [-0.2, -0.15) is 0 Å². The normalized spacial score (nSPS) is 13.7. The Bertz CT molecular complexity index is 1490. The van der Waals surface area contributed by atoms with Crippen LogP contribution in [0.1, 0.15) is 18.4 Å². The number of aromatic nitrogens is 2. The third-order valence-corrected chi connectivity index (χ3v) is 6.68. The first-order valence-corrected chi connectivity index (χ1v) is 12.7. The molecule has 10 heteroatoms. The highest BCUT2D eigenvalue weighted by molar-refractivity contribution is 5.93. The minimum Gasteiger partial charge on any atom is -0.493 e. The summed E-state index contributed by atoms with van der Waals surface area (Å²) in [4.78, 5) is 23.1.